The van der Waals surface area contributed by atoms with Crippen molar-refractivity contribution in [3.05, 3.63) is 44.7 Å². The third-order valence-corrected chi connectivity index (χ3v) is 3.15. The van der Waals surface area contributed by atoms with Crippen LogP contribution in [0.1, 0.15) is 0 Å². The first-order chi connectivity index (χ1) is 7.74. The molecule has 0 unspecified atom stereocenters. The third kappa shape index (κ3) is 3.48. The molecule has 0 aliphatic rings. The zero-order chi connectivity index (χ0) is 11.4. The molecule has 1 aromatic heterocycles. The predicted octanol–water partition coefficient (Wildman–Crippen LogP) is 3.36. The molecule has 0 atom stereocenters. The molecule has 0 amide bonds. The molecule has 0 fully saturated rings. The highest BCUT2D eigenvalue weighted by Crippen LogP contribution is 2.15. The molecule has 0 bridgehead atoms. The highest BCUT2D eigenvalue weighted by molar-refractivity contribution is 14.1. The summed E-state index contributed by atoms with van der Waals surface area (Å²) in [4.78, 5) is 0. The lowest BCUT2D eigenvalue weighted by atomic mass is 10.3. The molecule has 0 saturated carbocycles. The minimum Gasteiger partial charge on any atom is -0.383 e. The van der Waals surface area contributed by atoms with E-state index in [1.54, 1.807) is 0 Å². The van der Waals surface area contributed by atoms with Crippen LogP contribution in [0.25, 0.3) is 0 Å². The Morgan fingerprint density at radius 2 is 2.31 bits per heavy atom. The Morgan fingerprint density at radius 1 is 1.44 bits per heavy atom. The Balaban J connectivity index is 1.84. The molecule has 1 heterocycles. The van der Waals surface area contributed by atoms with Crippen molar-refractivity contribution in [1.82, 2.24) is 9.78 Å². The van der Waals surface area contributed by atoms with Crippen LogP contribution in [0.2, 0.25) is 0 Å². The fourth-order valence-corrected chi connectivity index (χ4v) is 2.22. The van der Waals surface area contributed by atoms with E-state index in [9.17, 15) is 0 Å². The van der Waals surface area contributed by atoms with E-state index in [0.29, 0.717) is 0 Å². The largest absolute Gasteiger partial charge is 0.383 e. The lowest BCUT2D eigenvalue weighted by Gasteiger charge is -2.06. The Kier molecular flexibility index (Phi) is 4.22. The number of aromatic nitrogens is 2. The molecule has 16 heavy (non-hydrogen) atoms. The summed E-state index contributed by atoms with van der Waals surface area (Å²) in [7, 11) is 0. The first-order valence-corrected chi connectivity index (χ1v) is 6.78. The molecule has 2 rings (SSSR count). The molecule has 1 N–H and O–H groups in total. The van der Waals surface area contributed by atoms with Gasteiger partial charge < -0.3 is 5.32 Å². The van der Waals surface area contributed by atoms with Crippen LogP contribution in [0.5, 0.6) is 0 Å². The molecule has 0 aliphatic carbocycles. The van der Waals surface area contributed by atoms with E-state index in [1.165, 1.54) is 3.57 Å². The van der Waals surface area contributed by atoms with Gasteiger partial charge in [-0.1, -0.05) is 22.0 Å². The maximum atomic E-state index is 4.22. The number of hydrogen-bond acceptors (Lipinski definition) is 2. The number of rotatable bonds is 4. The van der Waals surface area contributed by atoms with Crippen molar-refractivity contribution >= 4 is 44.2 Å². The molecule has 1 aromatic carbocycles. The number of benzene rings is 1. The minimum atomic E-state index is 0.869. The van der Waals surface area contributed by atoms with Crippen molar-refractivity contribution < 1.29 is 0 Å². The zero-order valence-corrected chi connectivity index (χ0v) is 12.3. The zero-order valence-electron chi connectivity index (χ0n) is 8.53. The van der Waals surface area contributed by atoms with Gasteiger partial charge in [-0.3, -0.25) is 4.68 Å². The first-order valence-electron chi connectivity index (χ1n) is 4.91. The van der Waals surface area contributed by atoms with Gasteiger partial charge in [-0.2, -0.15) is 5.10 Å². The van der Waals surface area contributed by atoms with Gasteiger partial charge in [-0.15, -0.1) is 0 Å². The third-order valence-electron chi connectivity index (χ3n) is 2.10. The summed E-state index contributed by atoms with van der Waals surface area (Å²) in [6, 6.07) is 8.15. The van der Waals surface area contributed by atoms with Gasteiger partial charge in [0, 0.05) is 22.9 Å². The van der Waals surface area contributed by atoms with E-state index in [1.807, 2.05) is 29.2 Å². The van der Waals surface area contributed by atoms with Crippen LogP contribution in [-0.4, -0.2) is 16.3 Å². The second-order valence-electron chi connectivity index (χ2n) is 3.36. The Labute approximate surface area is 117 Å². The van der Waals surface area contributed by atoms with Gasteiger partial charge in [-0.25, -0.2) is 0 Å². The Hall–Kier alpha value is -0.560. The summed E-state index contributed by atoms with van der Waals surface area (Å²) in [5.74, 6) is 0. The molecule has 0 aliphatic heterocycles. The average molecular weight is 392 g/mol. The van der Waals surface area contributed by atoms with E-state index in [2.05, 4.69) is 61.1 Å². The summed E-state index contributed by atoms with van der Waals surface area (Å²) >= 11 is 5.70. The maximum absolute atomic E-state index is 4.22. The molecule has 84 valence electrons. The summed E-state index contributed by atoms with van der Waals surface area (Å²) in [6.45, 7) is 1.74. The molecule has 0 spiro atoms. The molecular weight excluding hydrogens is 381 g/mol. The lowest BCUT2D eigenvalue weighted by Crippen LogP contribution is -2.10. The fraction of sp³-hybridized carbons (Fsp3) is 0.182. The van der Waals surface area contributed by atoms with Crippen molar-refractivity contribution in [3.63, 3.8) is 0 Å². The maximum Gasteiger partial charge on any atom is 0.0623 e. The molecule has 5 heteroatoms. The van der Waals surface area contributed by atoms with Crippen LogP contribution in [0.4, 0.5) is 5.69 Å². The number of nitrogens with zero attached hydrogens (tertiary/aromatic N) is 2. The Morgan fingerprint density at radius 3 is 3.00 bits per heavy atom. The highest BCUT2D eigenvalue weighted by atomic mass is 127. The van der Waals surface area contributed by atoms with Gasteiger partial charge in [0.05, 0.1) is 16.3 Å². The second kappa shape index (κ2) is 5.67. The summed E-state index contributed by atoms with van der Waals surface area (Å²) in [5.41, 5.74) is 1.12. The summed E-state index contributed by atoms with van der Waals surface area (Å²) in [6.07, 6.45) is 3.89. The van der Waals surface area contributed by atoms with Crippen molar-refractivity contribution in [2.75, 3.05) is 11.9 Å². The molecule has 2 aromatic rings. The van der Waals surface area contributed by atoms with Crippen molar-refractivity contribution in [2.24, 2.45) is 0 Å². The number of anilines is 1. The normalized spacial score (nSPS) is 10.4. The number of halogens is 2. The van der Waals surface area contributed by atoms with Crippen LogP contribution in [-0.2, 0) is 6.54 Å². The van der Waals surface area contributed by atoms with Crippen molar-refractivity contribution in [3.8, 4) is 0 Å². The lowest BCUT2D eigenvalue weighted by molar-refractivity contribution is 0.637. The van der Waals surface area contributed by atoms with Crippen LogP contribution >= 0.6 is 38.5 Å². The average Bonchev–Trinajstić information content (AvgIpc) is 2.64. The summed E-state index contributed by atoms with van der Waals surface area (Å²) < 4.78 is 4.19. The van der Waals surface area contributed by atoms with Crippen molar-refractivity contribution in [2.45, 2.75) is 6.54 Å². The van der Waals surface area contributed by atoms with Crippen LogP contribution in [0.15, 0.2) is 41.1 Å². The monoisotopic (exact) mass is 391 g/mol. The summed E-state index contributed by atoms with van der Waals surface area (Å²) in [5, 5.41) is 7.57. The van der Waals surface area contributed by atoms with Crippen LogP contribution < -0.4 is 5.32 Å². The van der Waals surface area contributed by atoms with Gasteiger partial charge in [0.15, 0.2) is 0 Å². The number of nitrogens with one attached hydrogen (secondary N) is 1. The van der Waals surface area contributed by atoms with Crippen LogP contribution in [0.3, 0.4) is 0 Å². The SMILES string of the molecule is Brc1cccc(NCCn2cc(I)cn2)c1. The molecule has 3 nitrogen and oxygen atoms in total. The molecular formula is C11H11BrIN3. The van der Waals surface area contributed by atoms with Gasteiger partial charge in [0.1, 0.15) is 0 Å². The van der Waals surface area contributed by atoms with E-state index >= 15 is 0 Å². The predicted molar refractivity (Wildman–Crippen MR) is 77.6 cm³/mol. The first kappa shape index (κ1) is 11.9. The quantitative estimate of drug-likeness (QED) is 0.810. The van der Waals surface area contributed by atoms with Crippen molar-refractivity contribution in [1.29, 1.82) is 0 Å². The standard InChI is InChI=1S/C11H11BrIN3/c12-9-2-1-3-11(6-9)14-4-5-16-8-10(13)7-15-16/h1-3,6-8,14H,4-5H2. The Bertz CT molecular complexity index is 470. The van der Waals surface area contributed by atoms with Gasteiger partial charge >= 0.3 is 0 Å². The van der Waals surface area contributed by atoms with E-state index < -0.39 is 0 Å². The minimum absolute atomic E-state index is 0.869. The molecule has 0 radical (unpaired) electrons. The van der Waals surface area contributed by atoms with E-state index in [4.69, 9.17) is 0 Å². The van der Waals surface area contributed by atoms with Gasteiger partial charge in [0.25, 0.3) is 0 Å². The van der Waals surface area contributed by atoms with Gasteiger partial charge in [-0.05, 0) is 40.8 Å². The number of hydrogen-bond donors (Lipinski definition) is 1. The van der Waals surface area contributed by atoms with Crippen LogP contribution in [0, 0.1) is 3.57 Å². The second-order valence-corrected chi connectivity index (χ2v) is 5.52. The fourth-order valence-electron chi connectivity index (χ4n) is 1.37. The molecule has 0 saturated heterocycles. The van der Waals surface area contributed by atoms with E-state index in [0.717, 1.165) is 23.2 Å². The smallest absolute Gasteiger partial charge is 0.0623 e. The highest BCUT2D eigenvalue weighted by Gasteiger charge is 1.95. The topological polar surface area (TPSA) is 29.9 Å². The van der Waals surface area contributed by atoms with Gasteiger partial charge in [0.2, 0.25) is 0 Å². The van der Waals surface area contributed by atoms with E-state index in [-0.39, 0.29) is 0 Å².